The van der Waals surface area contributed by atoms with Crippen LogP contribution < -0.4 is 10.6 Å². The van der Waals surface area contributed by atoms with E-state index in [1.165, 1.54) is 0 Å². The van der Waals surface area contributed by atoms with Crippen LogP contribution in [0.5, 0.6) is 0 Å². The van der Waals surface area contributed by atoms with Crippen LogP contribution in [-0.4, -0.2) is 65.8 Å². The molecule has 0 unspecified atom stereocenters. The van der Waals surface area contributed by atoms with Gasteiger partial charge in [-0.05, 0) is 18.9 Å². The first kappa shape index (κ1) is 17.2. The summed E-state index contributed by atoms with van der Waals surface area (Å²) < 4.78 is 20.9. The topological polar surface area (TPSA) is 71.4 Å². The molecule has 2 aliphatic heterocycles. The molecular weight excluding hydrogens is 313 g/mol. The Hall–Kier alpha value is -1.67. The third-order valence-corrected chi connectivity index (χ3v) is 4.84. The lowest BCUT2D eigenvalue weighted by Crippen LogP contribution is -2.45. The van der Waals surface area contributed by atoms with Gasteiger partial charge in [-0.25, -0.2) is 9.18 Å². The average molecular weight is 339 g/mol. The number of likely N-dealkylation sites (tertiary alicyclic amines) is 1. The summed E-state index contributed by atoms with van der Waals surface area (Å²) in [6.45, 7) is 3.61. The number of urea groups is 1. The van der Waals surface area contributed by atoms with Gasteiger partial charge in [0.15, 0.2) is 0 Å². The van der Waals surface area contributed by atoms with E-state index in [2.05, 4.69) is 20.6 Å². The Kier molecular flexibility index (Phi) is 5.68. The van der Waals surface area contributed by atoms with E-state index >= 15 is 0 Å². The summed E-state index contributed by atoms with van der Waals surface area (Å²) in [5, 5.41) is 9.89. The molecular formula is C16H26FN5O2. The van der Waals surface area contributed by atoms with E-state index in [-0.39, 0.29) is 12.1 Å². The summed E-state index contributed by atoms with van der Waals surface area (Å²) in [6, 6.07) is 1.76. The van der Waals surface area contributed by atoms with Gasteiger partial charge in [0.1, 0.15) is 6.17 Å². The quantitative estimate of drug-likeness (QED) is 0.799. The fourth-order valence-electron chi connectivity index (χ4n) is 3.35. The molecule has 7 nitrogen and oxygen atoms in total. The molecule has 0 saturated carbocycles. The number of ether oxygens (including phenoxy) is 1. The van der Waals surface area contributed by atoms with Gasteiger partial charge in [0.2, 0.25) is 0 Å². The number of aromatic nitrogens is 2. The average Bonchev–Trinajstić information content (AvgIpc) is 3.27. The molecule has 2 fully saturated rings. The highest BCUT2D eigenvalue weighted by Gasteiger charge is 2.32. The van der Waals surface area contributed by atoms with E-state index in [0.717, 1.165) is 18.7 Å². The molecule has 1 aromatic rings. The minimum Gasteiger partial charge on any atom is -0.381 e. The first-order valence-corrected chi connectivity index (χ1v) is 8.56. The van der Waals surface area contributed by atoms with E-state index in [0.29, 0.717) is 45.1 Å². The molecule has 2 aliphatic rings. The number of hydrogen-bond acceptors (Lipinski definition) is 4. The Balaban J connectivity index is 1.44. The second-order valence-corrected chi connectivity index (χ2v) is 6.68. The number of aryl methyl sites for hydroxylation is 1. The minimum absolute atomic E-state index is 0.00969. The first-order chi connectivity index (χ1) is 11.6. The zero-order valence-corrected chi connectivity index (χ0v) is 14.1. The highest BCUT2D eigenvalue weighted by molar-refractivity contribution is 5.73. The van der Waals surface area contributed by atoms with Crippen molar-refractivity contribution in [2.24, 2.45) is 13.0 Å². The van der Waals surface area contributed by atoms with Crippen LogP contribution in [0.3, 0.4) is 0 Å². The van der Waals surface area contributed by atoms with Crippen LogP contribution >= 0.6 is 0 Å². The molecule has 2 saturated heterocycles. The molecule has 24 heavy (non-hydrogen) atoms. The van der Waals surface area contributed by atoms with E-state index < -0.39 is 6.17 Å². The summed E-state index contributed by atoms with van der Waals surface area (Å²) in [5.74, 6) is 0.402. The van der Waals surface area contributed by atoms with Gasteiger partial charge in [0, 0.05) is 58.0 Å². The summed E-state index contributed by atoms with van der Waals surface area (Å²) in [7, 11) is 1.88. The van der Waals surface area contributed by atoms with Crippen LogP contribution in [-0.2, 0) is 18.3 Å². The van der Waals surface area contributed by atoms with Gasteiger partial charge >= 0.3 is 6.03 Å². The molecule has 134 valence electrons. The first-order valence-electron chi connectivity index (χ1n) is 8.56. The number of nitrogens with one attached hydrogen (secondary N) is 2. The third-order valence-electron chi connectivity index (χ3n) is 4.84. The van der Waals surface area contributed by atoms with Crippen LogP contribution in [0.4, 0.5) is 9.18 Å². The normalized spacial score (nSPS) is 27.5. The second kappa shape index (κ2) is 7.94. The van der Waals surface area contributed by atoms with Crippen LogP contribution in [0.1, 0.15) is 18.5 Å². The van der Waals surface area contributed by atoms with Crippen molar-refractivity contribution in [3.05, 3.63) is 18.0 Å². The van der Waals surface area contributed by atoms with E-state index in [1.807, 2.05) is 13.1 Å². The van der Waals surface area contributed by atoms with Gasteiger partial charge in [0.05, 0.1) is 12.3 Å². The molecule has 3 rings (SSSR count). The molecule has 0 spiro atoms. The fraction of sp³-hybridized carbons (Fsp3) is 0.750. The number of nitrogens with zero attached hydrogens (tertiary/aromatic N) is 3. The lowest BCUT2D eigenvalue weighted by Gasteiger charge is -2.24. The van der Waals surface area contributed by atoms with Crippen molar-refractivity contribution in [3.8, 4) is 0 Å². The zero-order valence-electron chi connectivity index (χ0n) is 14.1. The van der Waals surface area contributed by atoms with Crippen molar-refractivity contribution < 1.29 is 13.9 Å². The van der Waals surface area contributed by atoms with Crippen LogP contribution in [0, 0.1) is 5.92 Å². The van der Waals surface area contributed by atoms with Gasteiger partial charge < -0.3 is 15.4 Å². The maximum atomic E-state index is 13.8. The Labute approximate surface area is 141 Å². The Morgan fingerprint density at radius 2 is 2.29 bits per heavy atom. The van der Waals surface area contributed by atoms with Gasteiger partial charge in [-0.1, -0.05) is 0 Å². The molecule has 1 aromatic heterocycles. The monoisotopic (exact) mass is 339 g/mol. The Morgan fingerprint density at radius 1 is 1.46 bits per heavy atom. The third kappa shape index (κ3) is 4.45. The van der Waals surface area contributed by atoms with Gasteiger partial charge in [-0.2, -0.15) is 5.10 Å². The highest BCUT2D eigenvalue weighted by Crippen LogP contribution is 2.22. The van der Waals surface area contributed by atoms with Crippen LogP contribution in [0.25, 0.3) is 0 Å². The molecule has 3 atom stereocenters. The Morgan fingerprint density at radius 3 is 3.00 bits per heavy atom. The zero-order chi connectivity index (χ0) is 16.9. The molecule has 2 amide bonds. The number of halogens is 1. The standard InChI is InChI=1S/C16H26FN5O2/c1-21-14(2-4-20-21)10-22-9-13(17)6-15(22)8-19-16(23)18-7-12-3-5-24-11-12/h2,4,12-13,15H,3,5-11H2,1H3,(H2,18,19,23)/t12-,13+,15+/m1/s1. The lowest BCUT2D eigenvalue weighted by molar-refractivity contribution is 0.184. The number of alkyl halides is 1. The molecule has 0 aliphatic carbocycles. The van der Waals surface area contributed by atoms with Gasteiger partial charge in [0.25, 0.3) is 0 Å². The number of carbonyl (C=O) groups is 1. The van der Waals surface area contributed by atoms with Crippen LogP contribution in [0.2, 0.25) is 0 Å². The smallest absolute Gasteiger partial charge is 0.314 e. The van der Waals surface area contributed by atoms with Gasteiger partial charge in [-0.15, -0.1) is 0 Å². The van der Waals surface area contributed by atoms with Crippen LogP contribution in [0.15, 0.2) is 12.3 Å². The molecule has 0 bridgehead atoms. The van der Waals surface area contributed by atoms with Crippen molar-refractivity contribution in [3.63, 3.8) is 0 Å². The SMILES string of the molecule is Cn1nccc1CN1C[C@@H](F)C[C@H]1CNC(=O)NC[C@H]1CCOC1. The number of carbonyl (C=O) groups excluding carboxylic acids is 1. The van der Waals surface area contributed by atoms with Crippen molar-refractivity contribution >= 4 is 6.03 Å². The fourth-order valence-corrected chi connectivity index (χ4v) is 3.35. The van der Waals surface area contributed by atoms with Crippen molar-refractivity contribution in [2.75, 3.05) is 32.8 Å². The summed E-state index contributed by atoms with van der Waals surface area (Å²) in [5.41, 5.74) is 1.04. The molecule has 2 N–H and O–H groups in total. The second-order valence-electron chi connectivity index (χ2n) is 6.68. The van der Waals surface area contributed by atoms with Gasteiger partial charge in [-0.3, -0.25) is 9.58 Å². The number of amides is 2. The largest absolute Gasteiger partial charge is 0.381 e. The maximum Gasteiger partial charge on any atom is 0.314 e. The van der Waals surface area contributed by atoms with E-state index in [4.69, 9.17) is 4.74 Å². The van der Waals surface area contributed by atoms with Crippen molar-refractivity contribution in [2.45, 2.75) is 31.6 Å². The summed E-state index contributed by atoms with van der Waals surface area (Å²) >= 11 is 0. The van der Waals surface area contributed by atoms with E-state index in [9.17, 15) is 9.18 Å². The Bertz CT molecular complexity index is 546. The molecule has 8 heteroatoms. The molecule has 3 heterocycles. The lowest BCUT2D eigenvalue weighted by atomic mass is 10.1. The maximum absolute atomic E-state index is 13.8. The number of hydrogen-bond donors (Lipinski definition) is 2. The van der Waals surface area contributed by atoms with Crippen molar-refractivity contribution in [1.82, 2.24) is 25.3 Å². The minimum atomic E-state index is -0.844. The highest BCUT2D eigenvalue weighted by atomic mass is 19.1. The molecule has 0 radical (unpaired) electrons. The number of rotatable bonds is 6. The summed E-state index contributed by atoms with van der Waals surface area (Å²) in [6.07, 6.45) is 2.34. The van der Waals surface area contributed by atoms with Crippen molar-refractivity contribution in [1.29, 1.82) is 0 Å². The predicted molar refractivity (Wildman–Crippen MR) is 87.2 cm³/mol. The predicted octanol–water partition coefficient (Wildman–Crippen LogP) is 0.668. The summed E-state index contributed by atoms with van der Waals surface area (Å²) in [4.78, 5) is 14.0. The molecule has 0 aromatic carbocycles. The van der Waals surface area contributed by atoms with E-state index in [1.54, 1.807) is 10.9 Å².